The molecule has 3 fully saturated rings. The Balaban J connectivity index is 0.00000308. The number of benzene rings is 1. The molecule has 8 nitrogen and oxygen atoms in total. The third-order valence-electron chi connectivity index (χ3n) is 9.35. The molecule has 0 aliphatic carbocycles. The summed E-state index contributed by atoms with van der Waals surface area (Å²) in [6.45, 7) is 17.5. The molecule has 0 amide bonds. The fourth-order valence-electron chi connectivity index (χ4n) is 6.75. The average Bonchev–Trinajstić information content (AvgIpc) is 3.66. The van der Waals surface area contributed by atoms with Gasteiger partial charge in [0.25, 0.3) is 0 Å². The highest BCUT2D eigenvalue weighted by Crippen LogP contribution is 2.43. The predicted molar refractivity (Wildman–Crippen MR) is 160 cm³/mol. The zero-order valence-electron chi connectivity index (χ0n) is 24.1. The molecule has 5 heterocycles. The summed E-state index contributed by atoms with van der Waals surface area (Å²) in [7, 11) is 0. The zero-order valence-corrected chi connectivity index (χ0v) is 24.9. The van der Waals surface area contributed by atoms with Gasteiger partial charge in [-0.05, 0) is 82.9 Å². The third-order valence-corrected chi connectivity index (χ3v) is 9.35. The second-order valence-corrected chi connectivity index (χ2v) is 12.1. The molecule has 4 aliphatic rings. The van der Waals surface area contributed by atoms with E-state index in [0.717, 1.165) is 112 Å². The monoisotopic (exact) mass is 556 g/mol. The molecule has 1 aromatic carbocycles. The van der Waals surface area contributed by atoms with Crippen molar-refractivity contribution in [3.05, 3.63) is 28.3 Å². The second-order valence-electron chi connectivity index (χ2n) is 12.1. The van der Waals surface area contributed by atoms with Crippen LogP contribution in [0, 0.1) is 20.8 Å². The first-order chi connectivity index (χ1) is 18.3. The van der Waals surface area contributed by atoms with E-state index in [0.29, 0.717) is 5.75 Å². The number of hydrogen-bond donors (Lipinski definition) is 1. The topological polar surface area (TPSA) is 68.2 Å². The number of aromatic hydroxyl groups is 1. The Bertz CT molecular complexity index is 1150. The molecule has 1 N–H and O–H groups in total. The minimum Gasteiger partial charge on any atom is -0.507 e. The predicted octanol–water partition coefficient (Wildman–Crippen LogP) is 4.64. The van der Waals surface area contributed by atoms with Crippen LogP contribution in [0.1, 0.15) is 61.3 Å². The van der Waals surface area contributed by atoms with E-state index in [2.05, 4.69) is 39.5 Å². The SMILES string of the molecule is Cc1c(C)c2c(c(C)c1O)CC[C@](C)(CN1CCN(c3cc(N4CCCC4)nc(N4CCCC4)n3)CC1)O2.Cl. The first-order valence-corrected chi connectivity index (χ1v) is 14.7. The van der Waals surface area contributed by atoms with E-state index < -0.39 is 0 Å². The highest BCUT2D eigenvalue weighted by Gasteiger charge is 2.37. The van der Waals surface area contributed by atoms with E-state index >= 15 is 0 Å². The fraction of sp³-hybridized carbons (Fsp3) is 0.667. The van der Waals surface area contributed by atoms with Gasteiger partial charge in [-0.2, -0.15) is 9.97 Å². The highest BCUT2D eigenvalue weighted by molar-refractivity contribution is 5.85. The second kappa shape index (κ2) is 11.2. The molecule has 3 saturated heterocycles. The largest absolute Gasteiger partial charge is 0.507 e. The number of fused-ring (bicyclic) bond motifs is 1. The van der Waals surface area contributed by atoms with Crippen LogP contribution in [-0.4, -0.2) is 84.5 Å². The van der Waals surface area contributed by atoms with Crippen LogP contribution in [0.2, 0.25) is 0 Å². The third kappa shape index (κ3) is 5.47. The Hall–Kier alpha value is -2.45. The van der Waals surface area contributed by atoms with Crippen LogP contribution in [0.3, 0.4) is 0 Å². The Morgan fingerprint density at radius 2 is 1.36 bits per heavy atom. The van der Waals surface area contributed by atoms with Gasteiger partial charge in [0.2, 0.25) is 5.95 Å². The van der Waals surface area contributed by atoms with Gasteiger partial charge in [0.15, 0.2) is 0 Å². The Labute approximate surface area is 239 Å². The smallest absolute Gasteiger partial charge is 0.229 e. The zero-order chi connectivity index (χ0) is 26.4. The van der Waals surface area contributed by atoms with E-state index in [9.17, 15) is 5.11 Å². The number of aromatic nitrogens is 2. The van der Waals surface area contributed by atoms with Crippen molar-refractivity contribution in [3.8, 4) is 11.5 Å². The minimum atomic E-state index is -0.226. The number of phenolic OH excluding ortho intramolecular Hbond substituents is 1. The molecule has 214 valence electrons. The number of hydrogen-bond acceptors (Lipinski definition) is 8. The Morgan fingerprint density at radius 3 is 1.97 bits per heavy atom. The summed E-state index contributed by atoms with van der Waals surface area (Å²) < 4.78 is 6.73. The fourth-order valence-corrected chi connectivity index (χ4v) is 6.75. The summed E-state index contributed by atoms with van der Waals surface area (Å²) in [5.41, 5.74) is 3.94. The lowest BCUT2D eigenvalue weighted by molar-refractivity contribution is 0.0226. The van der Waals surface area contributed by atoms with Crippen LogP contribution < -0.4 is 19.4 Å². The van der Waals surface area contributed by atoms with E-state index in [4.69, 9.17) is 14.7 Å². The van der Waals surface area contributed by atoms with E-state index in [1.54, 1.807) is 0 Å². The van der Waals surface area contributed by atoms with Gasteiger partial charge < -0.3 is 24.5 Å². The van der Waals surface area contributed by atoms with Crippen LogP contribution in [0.4, 0.5) is 17.6 Å². The summed E-state index contributed by atoms with van der Waals surface area (Å²) >= 11 is 0. The maximum absolute atomic E-state index is 10.5. The number of ether oxygens (including phenoxy) is 1. The lowest BCUT2D eigenvalue weighted by Crippen LogP contribution is -2.54. The van der Waals surface area contributed by atoms with Gasteiger partial charge >= 0.3 is 0 Å². The van der Waals surface area contributed by atoms with E-state index in [1.807, 2.05) is 13.8 Å². The number of piperazine rings is 1. The Kier molecular flexibility index (Phi) is 8.07. The highest BCUT2D eigenvalue weighted by atomic mass is 35.5. The van der Waals surface area contributed by atoms with Crippen LogP contribution in [-0.2, 0) is 6.42 Å². The molecule has 0 spiro atoms. The summed E-state index contributed by atoms with van der Waals surface area (Å²) in [6, 6.07) is 2.23. The molecule has 0 unspecified atom stereocenters. The van der Waals surface area contributed by atoms with E-state index in [-0.39, 0.29) is 18.0 Å². The molecule has 2 aromatic rings. The van der Waals surface area contributed by atoms with Crippen molar-refractivity contribution < 1.29 is 9.84 Å². The normalized spacial score (nSPS) is 23.5. The molecule has 0 radical (unpaired) electrons. The number of nitrogens with zero attached hydrogens (tertiary/aromatic N) is 6. The lowest BCUT2D eigenvalue weighted by Gasteiger charge is -2.43. The van der Waals surface area contributed by atoms with Crippen molar-refractivity contribution in [3.63, 3.8) is 0 Å². The summed E-state index contributed by atoms with van der Waals surface area (Å²) in [4.78, 5) is 19.9. The average molecular weight is 557 g/mol. The molecule has 4 aliphatic heterocycles. The van der Waals surface area contributed by atoms with Crippen LogP contribution >= 0.6 is 12.4 Å². The van der Waals surface area contributed by atoms with Crippen molar-refractivity contribution in [2.75, 3.05) is 73.6 Å². The quantitative estimate of drug-likeness (QED) is 0.571. The summed E-state index contributed by atoms with van der Waals surface area (Å²) in [5.74, 6) is 4.52. The number of anilines is 3. The molecule has 1 aromatic heterocycles. The van der Waals surface area contributed by atoms with Gasteiger partial charge in [-0.1, -0.05) is 0 Å². The molecular weight excluding hydrogens is 512 g/mol. The van der Waals surface area contributed by atoms with Gasteiger partial charge in [0.05, 0.1) is 0 Å². The number of halogens is 1. The molecule has 9 heteroatoms. The summed E-state index contributed by atoms with van der Waals surface area (Å²) in [6.07, 6.45) is 6.89. The van der Waals surface area contributed by atoms with Gasteiger partial charge in [-0.25, -0.2) is 0 Å². The van der Waals surface area contributed by atoms with Crippen molar-refractivity contribution in [1.29, 1.82) is 0 Å². The van der Waals surface area contributed by atoms with Crippen LogP contribution in [0.15, 0.2) is 6.07 Å². The maximum atomic E-state index is 10.5. The van der Waals surface area contributed by atoms with Crippen molar-refractivity contribution in [2.45, 2.75) is 71.8 Å². The first-order valence-electron chi connectivity index (χ1n) is 14.7. The lowest BCUT2D eigenvalue weighted by atomic mass is 9.87. The Morgan fingerprint density at radius 1 is 0.795 bits per heavy atom. The summed E-state index contributed by atoms with van der Waals surface area (Å²) in [5, 5.41) is 10.5. The molecule has 1 atom stereocenters. The van der Waals surface area contributed by atoms with E-state index in [1.165, 1.54) is 31.2 Å². The van der Waals surface area contributed by atoms with Gasteiger partial charge in [-0.15, -0.1) is 12.4 Å². The van der Waals surface area contributed by atoms with Crippen molar-refractivity contribution >= 4 is 30.0 Å². The molecule has 0 bridgehead atoms. The number of rotatable bonds is 5. The minimum absolute atomic E-state index is 0. The number of phenols is 1. The van der Waals surface area contributed by atoms with Crippen molar-refractivity contribution in [1.82, 2.24) is 14.9 Å². The molecule has 0 saturated carbocycles. The first kappa shape index (κ1) is 28.1. The molecule has 39 heavy (non-hydrogen) atoms. The van der Waals surface area contributed by atoms with Crippen LogP contribution in [0.25, 0.3) is 0 Å². The standard InChI is InChI=1S/C30H44N6O2.ClH/c1-21-22(2)28-24(23(3)27(21)37)9-10-30(4,38-28)20-33-15-17-35(18-16-33)26-19-25(34-11-5-6-12-34)31-29(32-26)36-13-7-8-14-36;/h19,37H,5-18,20H2,1-4H3;1H/t30-;/m1./s1. The van der Waals surface area contributed by atoms with Crippen molar-refractivity contribution in [2.24, 2.45) is 0 Å². The van der Waals surface area contributed by atoms with Crippen LogP contribution in [0.5, 0.6) is 11.5 Å². The molecule has 6 rings (SSSR count). The maximum Gasteiger partial charge on any atom is 0.229 e. The van der Waals surface area contributed by atoms with Gasteiger partial charge in [0.1, 0.15) is 28.7 Å². The van der Waals surface area contributed by atoms with Gasteiger partial charge in [0, 0.05) is 70.5 Å². The van der Waals surface area contributed by atoms with Gasteiger partial charge in [-0.3, -0.25) is 4.90 Å². The molecular formula is C30H45ClN6O2.